The van der Waals surface area contributed by atoms with Crippen LogP contribution in [0.5, 0.6) is 5.75 Å². The molecule has 0 saturated carbocycles. The van der Waals surface area contributed by atoms with Crippen LogP contribution in [0.2, 0.25) is 0 Å². The summed E-state index contributed by atoms with van der Waals surface area (Å²) in [6.07, 6.45) is 3.18. The van der Waals surface area contributed by atoms with Crippen molar-refractivity contribution in [3.05, 3.63) is 71.8 Å². The molecule has 212 valence electrons. The predicted octanol–water partition coefficient (Wildman–Crippen LogP) is 5.65. The van der Waals surface area contributed by atoms with Gasteiger partial charge in [-0.3, -0.25) is 9.59 Å². The fourth-order valence-corrected chi connectivity index (χ4v) is 4.37. The topological polar surface area (TPSA) is 97.0 Å². The highest BCUT2D eigenvalue weighted by atomic mass is 32.2. The Kier molecular flexibility index (Phi) is 11.9. The van der Waals surface area contributed by atoms with Gasteiger partial charge in [0, 0.05) is 12.2 Å². The number of carbonyl (C=O) groups is 3. The largest absolute Gasteiger partial charge is 0.497 e. The van der Waals surface area contributed by atoms with Gasteiger partial charge in [0.2, 0.25) is 5.91 Å². The molecule has 39 heavy (non-hydrogen) atoms. The number of carbonyl (C=O) groups excluding carboxylic acids is 3. The Morgan fingerprint density at radius 3 is 2.28 bits per heavy atom. The number of hydrogen-bond donors (Lipinski definition) is 2. The number of alkyl carbamates (subject to hydrolysis) is 1. The molecule has 0 saturated heterocycles. The van der Waals surface area contributed by atoms with Crippen molar-refractivity contribution in [2.45, 2.75) is 58.7 Å². The van der Waals surface area contributed by atoms with Crippen LogP contribution >= 0.6 is 11.8 Å². The first-order chi connectivity index (χ1) is 18.4. The number of aryl methyl sites for hydroxylation is 2. The molecule has 2 aromatic rings. The van der Waals surface area contributed by atoms with E-state index in [2.05, 4.69) is 17.2 Å². The Balaban J connectivity index is 2.50. The van der Waals surface area contributed by atoms with Crippen molar-refractivity contribution in [3.63, 3.8) is 0 Å². The molecule has 0 aromatic heterocycles. The van der Waals surface area contributed by atoms with Crippen molar-refractivity contribution in [1.29, 1.82) is 0 Å². The maximum Gasteiger partial charge on any atom is 0.408 e. The van der Waals surface area contributed by atoms with Gasteiger partial charge in [-0.15, -0.1) is 6.58 Å². The van der Waals surface area contributed by atoms with E-state index in [1.54, 1.807) is 70.0 Å². The zero-order valence-electron chi connectivity index (χ0n) is 24.0. The van der Waals surface area contributed by atoms with E-state index in [1.807, 2.05) is 38.3 Å². The van der Waals surface area contributed by atoms with E-state index in [-0.39, 0.29) is 12.5 Å². The molecule has 2 N–H and O–H groups in total. The van der Waals surface area contributed by atoms with Crippen molar-refractivity contribution in [3.8, 4) is 5.75 Å². The maximum absolute atomic E-state index is 14.0. The second kappa shape index (κ2) is 14.6. The molecule has 0 aliphatic carbocycles. The van der Waals surface area contributed by atoms with Crippen LogP contribution in [0.25, 0.3) is 0 Å². The third-order valence-corrected chi connectivity index (χ3v) is 6.62. The monoisotopic (exact) mass is 555 g/mol. The van der Waals surface area contributed by atoms with Crippen LogP contribution in [0.4, 0.5) is 10.5 Å². The van der Waals surface area contributed by atoms with Gasteiger partial charge in [-0.25, -0.2) is 4.79 Å². The molecule has 3 amide bonds. The smallest absolute Gasteiger partial charge is 0.408 e. The standard InChI is InChI=1S/C30H41N3O5S/c1-9-17-33(28(35)25(16-18-39-8)32-29(36)38-30(4,5)6)26(22-11-10-20(2)21(3)19-22)27(34)31-23-12-14-24(37-7)15-13-23/h9-15,19,25-26H,1,16-18H2,2-8H3,(H,31,34)(H,32,36). The molecule has 2 aromatic carbocycles. The molecule has 2 atom stereocenters. The summed E-state index contributed by atoms with van der Waals surface area (Å²) < 4.78 is 10.6. The van der Waals surface area contributed by atoms with Gasteiger partial charge >= 0.3 is 6.09 Å². The van der Waals surface area contributed by atoms with Gasteiger partial charge in [0.1, 0.15) is 23.4 Å². The number of thioether (sulfide) groups is 1. The minimum absolute atomic E-state index is 0.0955. The molecule has 2 unspecified atom stereocenters. The van der Waals surface area contributed by atoms with Gasteiger partial charge < -0.3 is 25.0 Å². The fraction of sp³-hybridized carbons (Fsp3) is 0.433. The Labute approximate surface area is 236 Å². The summed E-state index contributed by atoms with van der Waals surface area (Å²) in [7, 11) is 1.57. The molecular weight excluding hydrogens is 514 g/mol. The Hall–Kier alpha value is -3.46. The number of amides is 3. The highest BCUT2D eigenvalue weighted by molar-refractivity contribution is 7.98. The zero-order chi connectivity index (χ0) is 29.2. The molecular formula is C30H41N3O5S. The molecule has 9 heteroatoms. The summed E-state index contributed by atoms with van der Waals surface area (Å²) in [4.78, 5) is 42.0. The van der Waals surface area contributed by atoms with Crippen LogP contribution in [0.1, 0.15) is 49.9 Å². The minimum atomic E-state index is -0.978. The van der Waals surface area contributed by atoms with Gasteiger partial charge in [0.15, 0.2) is 0 Å². The molecule has 2 rings (SSSR count). The number of anilines is 1. The quantitative estimate of drug-likeness (QED) is 0.329. The van der Waals surface area contributed by atoms with Crippen LogP contribution in [0, 0.1) is 13.8 Å². The van der Waals surface area contributed by atoms with E-state index in [0.29, 0.717) is 29.2 Å². The molecule has 0 spiro atoms. The summed E-state index contributed by atoms with van der Waals surface area (Å²) in [5.74, 6) is 0.495. The SMILES string of the molecule is C=CCN(C(=O)C(CCSC)NC(=O)OC(C)(C)C)C(C(=O)Nc1ccc(OC)cc1)c1ccc(C)c(C)c1. The first-order valence-electron chi connectivity index (χ1n) is 12.8. The van der Waals surface area contributed by atoms with E-state index < -0.39 is 29.7 Å². The lowest BCUT2D eigenvalue weighted by atomic mass is 9.98. The highest BCUT2D eigenvalue weighted by Crippen LogP contribution is 2.27. The number of nitrogens with zero attached hydrogens (tertiary/aromatic N) is 1. The predicted molar refractivity (Wildman–Crippen MR) is 158 cm³/mol. The molecule has 0 heterocycles. The van der Waals surface area contributed by atoms with Crippen molar-refractivity contribution >= 4 is 35.4 Å². The van der Waals surface area contributed by atoms with Gasteiger partial charge in [0.05, 0.1) is 7.11 Å². The summed E-state index contributed by atoms with van der Waals surface area (Å²) in [5.41, 5.74) is 2.55. The maximum atomic E-state index is 14.0. The second-order valence-corrected chi connectivity index (χ2v) is 11.2. The Morgan fingerprint density at radius 1 is 1.08 bits per heavy atom. The lowest BCUT2D eigenvalue weighted by Gasteiger charge is -2.34. The van der Waals surface area contributed by atoms with Crippen molar-refractivity contribution < 1.29 is 23.9 Å². The van der Waals surface area contributed by atoms with E-state index in [4.69, 9.17) is 9.47 Å². The summed E-state index contributed by atoms with van der Waals surface area (Å²) in [5, 5.41) is 5.66. The molecule has 0 aliphatic heterocycles. The van der Waals surface area contributed by atoms with Crippen molar-refractivity contribution in [1.82, 2.24) is 10.2 Å². The molecule has 0 aliphatic rings. The normalized spacial score (nSPS) is 12.6. The van der Waals surface area contributed by atoms with Crippen molar-refractivity contribution in [2.75, 3.05) is 31.0 Å². The molecule has 0 fully saturated rings. The highest BCUT2D eigenvalue weighted by Gasteiger charge is 2.36. The summed E-state index contributed by atoms with van der Waals surface area (Å²) in [6, 6.07) is 10.8. The summed E-state index contributed by atoms with van der Waals surface area (Å²) in [6.45, 7) is 13.1. The second-order valence-electron chi connectivity index (χ2n) is 10.2. The number of benzene rings is 2. The van der Waals surface area contributed by atoms with Crippen LogP contribution in [0.15, 0.2) is 55.1 Å². The summed E-state index contributed by atoms with van der Waals surface area (Å²) >= 11 is 1.56. The molecule has 0 bridgehead atoms. The van der Waals surface area contributed by atoms with E-state index in [0.717, 1.165) is 11.1 Å². The van der Waals surface area contributed by atoms with Gasteiger partial charge in [-0.1, -0.05) is 24.3 Å². The zero-order valence-corrected chi connectivity index (χ0v) is 24.8. The third-order valence-electron chi connectivity index (χ3n) is 5.97. The molecule has 0 radical (unpaired) electrons. The van der Waals surface area contributed by atoms with Gasteiger partial charge in [-0.05, 0) is 94.0 Å². The van der Waals surface area contributed by atoms with Crippen molar-refractivity contribution in [2.24, 2.45) is 0 Å². The minimum Gasteiger partial charge on any atom is -0.497 e. The Morgan fingerprint density at radius 2 is 1.74 bits per heavy atom. The Bertz CT molecular complexity index is 1140. The lowest BCUT2D eigenvalue weighted by molar-refractivity contribution is -0.140. The number of ether oxygens (including phenoxy) is 2. The number of nitrogens with one attached hydrogen (secondary N) is 2. The van der Waals surface area contributed by atoms with Crippen LogP contribution < -0.4 is 15.4 Å². The van der Waals surface area contributed by atoms with Crippen LogP contribution in [-0.4, -0.2) is 60.1 Å². The first-order valence-corrected chi connectivity index (χ1v) is 14.2. The average Bonchev–Trinajstić information content (AvgIpc) is 2.87. The van der Waals surface area contributed by atoms with E-state index in [9.17, 15) is 14.4 Å². The fourth-order valence-electron chi connectivity index (χ4n) is 3.90. The lowest BCUT2D eigenvalue weighted by Crippen LogP contribution is -2.52. The van der Waals surface area contributed by atoms with Gasteiger partial charge in [0.25, 0.3) is 5.91 Å². The van der Waals surface area contributed by atoms with E-state index >= 15 is 0 Å². The average molecular weight is 556 g/mol. The third kappa shape index (κ3) is 9.66. The number of rotatable bonds is 12. The van der Waals surface area contributed by atoms with Gasteiger partial charge in [-0.2, -0.15) is 11.8 Å². The number of hydrogen-bond acceptors (Lipinski definition) is 6. The molecule has 8 nitrogen and oxygen atoms in total. The van der Waals surface area contributed by atoms with Crippen LogP contribution in [0.3, 0.4) is 0 Å². The van der Waals surface area contributed by atoms with Crippen LogP contribution in [-0.2, 0) is 14.3 Å². The first kappa shape index (κ1) is 31.8. The van der Waals surface area contributed by atoms with E-state index in [1.165, 1.54) is 4.90 Å². The number of methoxy groups -OCH3 is 1.